The van der Waals surface area contributed by atoms with Crippen LogP contribution in [0, 0.1) is 5.92 Å². The zero-order valence-electron chi connectivity index (χ0n) is 16.0. The molecule has 0 bridgehead atoms. The van der Waals surface area contributed by atoms with Crippen molar-refractivity contribution in [2.75, 3.05) is 24.6 Å². The summed E-state index contributed by atoms with van der Waals surface area (Å²) in [6, 6.07) is 14.3. The molecule has 5 nitrogen and oxygen atoms in total. The minimum Gasteiger partial charge on any atom is -0.396 e. The van der Waals surface area contributed by atoms with E-state index in [2.05, 4.69) is 39.5 Å². The van der Waals surface area contributed by atoms with Crippen molar-refractivity contribution in [1.29, 1.82) is 0 Å². The second kappa shape index (κ2) is 7.89. The zero-order valence-corrected chi connectivity index (χ0v) is 16.8. The number of pyridine rings is 1. The molecule has 0 radical (unpaired) electrons. The van der Waals surface area contributed by atoms with Crippen molar-refractivity contribution in [2.45, 2.75) is 12.8 Å². The average molecular weight is 403 g/mol. The lowest BCUT2D eigenvalue weighted by atomic mass is 9.98. The van der Waals surface area contributed by atoms with E-state index in [1.807, 2.05) is 24.4 Å². The Labute approximate surface area is 173 Å². The van der Waals surface area contributed by atoms with Gasteiger partial charge in [0.1, 0.15) is 10.6 Å². The number of anilines is 1. The molecule has 6 heteroatoms. The van der Waals surface area contributed by atoms with Crippen LogP contribution in [0.25, 0.3) is 32.7 Å². The fourth-order valence-corrected chi connectivity index (χ4v) is 4.95. The van der Waals surface area contributed by atoms with Gasteiger partial charge in [0.15, 0.2) is 5.82 Å². The van der Waals surface area contributed by atoms with E-state index in [9.17, 15) is 5.11 Å². The van der Waals surface area contributed by atoms with Crippen molar-refractivity contribution in [2.24, 2.45) is 5.92 Å². The number of thiophene rings is 1. The third kappa shape index (κ3) is 3.50. The van der Waals surface area contributed by atoms with Crippen molar-refractivity contribution in [3.05, 3.63) is 60.2 Å². The molecular formula is C23H22N4OS. The van der Waals surface area contributed by atoms with E-state index >= 15 is 0 Å². The summed E-state index contributed by atoms with van der Waals surface area (Å²) in [4.78, 5) is 17.4. The van der Waals surface area contributed by atoms with Crippen molar-refractivity contribution >= 4 is 27.4 Å². The lowest BCUT2D eigenvalue weighted by Crippen LogP contribution is -2.37. The molecule has 5 rings (SSSR count). The Bertz CT molecular complexity index is 1110. The van der Waals surface area contributed by atoms with Crippen LogP contribution in [0.2, 0.25) is 0 Å². The first-order valence-corrected chi connectivity index (χ1v) is 10.8. The van der Waals surface area contributed by atoms with Crippen LogP contribution in [0.3, 0.4) is 0 Å². The molecule has 0 unspecified atom stereocenters. The fraction of sp³-hybridized carbons (Fsp3) is 0.261. The first-order valence-electron chi connectivity index (χ1n) is 9.94. The molecule has 3 aromatic heterocycles. The smallest absolute Gasteiger partial charge is 0.164 e. The number of piperidine rings is 1. The van der Waals surface area contributed by atoms with Gasteiger partial charge >= 0.3 is 0 Å². The molecule has 4 aromatic rings. The number of aliphatic hydroxyl groups is 1. The second-order valence-electron chi connectivity index (χ2n) is 7.44. The Morgan fingerprint density at radius 2 is 1.93 bits per heavy atom. The summed E-state index contributed by atoms with van der Waals surface area (Å²) >= 11 is 1.65. The Kier molecular flexibility index (Phi) is 4.96. The highest BCUT2D eigenvalue weighted by Crippen LogP contribution is 2.40. The van der Waals surface area contributed by atoms with Crippen LogP contribution in [0.4, 0.5) is 5.82 Å². The normalized spacial score (nSPS) is 17.0. The minimum atomic E-state index is 0.218. The van der Waals surface area contributed by atoms with Gasteiger partial charge in [-0.05, 0) is 36.5 Å². The predicted octanol–water partition coefficient (Wildman–Crippen LogP) is 4.63. The molecule has 1 N–H and O–H groups in total. The lowest BCUT2D eigenvalue weighted by Gasteiger charge is -2.33. The maximum atomic E-state index is 9.73. The van der Waals surface area contributed by atoms with E-state index in [1.54, 1.807) is 17.5 Å². The lowest BCUT2D eigenvalue weighted by molar-refractivity contribution is 0.208. The molecule has 0 spiro atoms. The van der Waals surface area contributed by atoms with Crippen LogP contribution in [0.5, 0.6) is 0 Å². The van der Waals surface area contributed by atoms with Gasteiger partial charge in [-0.1, -0.05) is 30.3 Å². The van der Waals surface area contributed by atoms with Gasteiger partial charge < -0.3 is 10.0 Å². The Morgan fingerprint density at radius 3 is 2.72 bits per heavy atom. The van der Waals surface area contributed by atoms with Gasteiger partial charge in [0.25, 0.3) is 0 Å². The summed E-state index contributed by atoms with van der Waals surface area (Å²) in [6.45, 7) is 1.98. The quantitative estimate of drug-likeness (QED) is 0.539. The molecule has 0 saturated carbocycles. The summed E-state index contributed by atoms with van der Waals surface area (Å²) in [6.07, 6.45) is 5.69. The van der Waals surface area contributed by atoms with Crippen LogP contribution in [-0.4, -0.2) is 39.8 Å². The third-order valence-electron chi connectivity index (χ3n) is 5.50. The van der Waals surface area contributed by atoms with Gasteiger partial charge in [0.2, 0.25) is 0 Å². The van der Waals surface area contributed by atoms with Crippen LogP contribution in [-0.2, 0) is 0 Å². The summed E-state index contributed by atoms with van der Waals surface area (Å²) in [5, 5.41) is 13.0. The molecule has 0 amide bonds. The number of benzene rings is 1. The maximum Gasteiger partial charge on any atom is 0.164 e. The van der Waals surface area contributed by atoms with Crippen molar-refractivity contribution in [3.8, 4) is 22.5 Å². The van der Waals surface area contributed by atoms with Crippen molar-refractivity contribution in [1.82, 2.24) is 15.0 Å². The number of hydrogen-bond donors (Lipinski definition) is 1. The molecule has 1 aliphatic heterocycles. The molecule has 146 valence electrons. The van der Waals surface area contributed by atoms with E-state index in [4.69, 9.17) is 9.97 Å². The van der Waals surface area contributed by atoms with Gasteiger partial charge in [0.05, 0.1) is 5.39 Å². The van der Waals surface area contributed by atoms with Crippen LogP contribution >= 0.6 is 11.3 Å². The summed E-state index contributed by atoms with van der Waals surface area (Å²) in [5.74, 6) is 1.95. The van der Waals surface area contributed by atoms with E-state index in [-0.39, 0.29) is 12.5 Å². The Balaban J connectivity index is 1.71. The zero-order chi connectivity index (χ0) is 19.6. The fourth-order valence-electron chi connectivity index (χ4n) is 4.01. The van der Waals surface area contributed by atoms with E-state index in [0.29, 0.717) is 5.82 Å². The molecule has 4 heterocycles. The number of aliphatic hydroxyl groups excluding tert-OH is 1. The van der Waals surface area contributed by atoms with Gasteiger partial charge in [-0.2, -0.15) is 0 Å². The molecule has 29 heavy (non-hydrogen) atoms. The number of nitrogens with zero attached hydrogens (tertiary/aromatic N) is 4. The number of aromatic nitrogens is 3. The highest BCUT2D eigenvalue weighted by atomic mass is 32.1. The standard InChI is InChI=1S/C23H22N4OS/c28-14-16-6-5-11-27(13-16)22-20-19(17-7-2-1-3-8-17)15-29-23(20)26-21(25-22)18-9-4-10-24-12-18/h1-4,7-10,12,15-16,28H,5-6,11,13-14H2/t16-/m0/s1. The van der Waals surface area contributed by atoms with Crippen LogP contribution in [0.15, 0.2) is 60.2 Å². The molecule has 0 aliphatic carbocycles. The van der Waals surface area contributed by atoms with Gasteiger partial charge in [-0.15, -0.1) is 11.3 Å². The minimum absolute atomic E-state index is 0.218. The summed E-state index contributed by atoms with van der Waals surface area (Å²) < 4.78 is 0. The first-order chi connectivity index (χ1) is 14.3. The number of hydrogen-bond acceptors (Lipinski definition) is 6. The molecule has 1 atom stereocenters. The topological polar surface area (TPSA) is 62.1 Å². The largest absolute Gasteiger partial charge is 0.396 e. The van der Waals surface area contributed by atoms with Gasteiger partial charge in [-0.25, -0.2) is 9.97 Å². The summed E-state index contributed by atoms with van der Waals surface area (Å²) in [5.41, 5.74) is 3.26. The Morgan fingerprint density at radius 1 is 1.07 bits per heavy atom. The first kappa shape index (κ1) is 18.2. The molecule has 1 aromatic carbocycles. The third-order valence-corrected chi connectivity index (χ3v) is 6.37. The number of fused-ring (bicyclic) bond motifs is 1. The number of rotatable bonds is 4. The van der Waals surface area contributed by atoms with E-state index in [1.165, 1.54) is 11.1 Å². The SMILES string of the molecule is OC[C@H]1CCCN(c2nc(-c3cccnc3)nc3scc(-c4ccccc4)c23)C1. The molecule has 1 saturated heterocycles. The second-order valence-corrected chi connectivity index (χ2v) is 8.30. The van der Waals surface area contributed by atoms with E-state index < -0.39 is 0 Å². The highest BCUT2D eigenvalue weighted by molar-refractivity contribution is 7.17. The monoisotopic (exact) mass is 402 g/mol. The van der Waals surface area contributed by atoms with Crippen molar-refractivity contribution in [3.63, 3.8) is 0 Å². The van der Waals surface area contributed by atoms with E-state index in [0.717, 1.165) is 47.5 Å². The van der Waals surface area contributed by atoms with Gasteiger partial charge in [0, 0.05) is 48.6 Å². The molecule has 1 fully saturated rings. The average Bonchev–Trinajstić information content (AvgIpc) is 3.24. The predicted molar refractivity (Wildman–Crippen MR) is 118 cm³/mol. The summed E-state index contributed by atoms with van der Waals surface area (Å²) in [7, 11) is 0. The van der Waals surface area contributed by atoms with Crippen LogP contribution in [0.1, 0.15) is 12.8 Å². The van der Waals surface area contributed by atoms with Crippen LogP contribution < -0.4 is 4.90 Å². The Hall–Kier alpha value is -2.83. The van der Waals surface area contributed by atoms with Gasteiger partial charge in [-0.3, -0.25) is 4.98 Å². The molecule has 1 aliphatic rings. The van der Waals surface area contributed by atoms with Crippen molar-refractivity contribution < 1.29 is 5.11 Å². The molecular weight excluding hydrogens is 380 g/mol. The highest BCUT2D eigenvalue weighted by Gasteiger charge is 2.25. The maximum absolute atomic E-state index is 9.73.